The summed E-state index contributed by atoms with van der Waals surface area (Å²) in [5.74, 6) is -0.835. The minimum atomic E-state index is -0.437. The van der Waals surface area contributed by atoms with Crippen LogP contribution in [0.1, 0.15) is 21.6 Å². The Hall–Kier alpha value is -3.43. The lowest BCUT2D eigenvalue weighted by atomic mass is 10.2. The van der Waals surface area contributed by atoms with Gasteiger partial charge in [-0.25, -0.2) is 9.02 Å². The van der Waals surface area contributed by atoms with E-state index < -0.39 is 5.91 Å². The van der Waals surface area contributed by atoms with E-state index in [2.05, 4.69) is 42.4 Å². The molecule has 0 saturated carbocycles. The third-order valence-corrected chi connectivity index (χ3v) is 5.21. The molecule has 4 aromatic rings. The van der Waals surface area contributed by atoms with Crippen molar-refractivity contribution in [1.29, 1.82) is 0 Å². The second-order valence-corrected chi connectivity index (χ2v) is 7.37. The molecule has 0 unspecified atom stereocenters. The fraction of sp³-hybridized carbons (Fsp3) is 0.190. The summed E-state index contributed by atoms with van der Waals surface area (Å²) in [5.41, 5.74) is 8.48. The van der Waals surface area contributed by atoms with Crippen molar-refractivity contribution in [2.45, 2.75) is 13.1 Å². The largest absolute Gasteiger partial charge is 0.379 e. The minimum Gasteiger partial charge on any atom is -0.379 e. The number of anilines is 1. The van der Waals surface area contributed by atoms with E-state index in [-0.39, 0.29) is 17.3 Å². The average Bonchev–Trinajstić information content (AvgIpc) is 3.34. The van der Waals surface area contributed by atoms with Crippen LogP contribution in [0.5, 0.6) is 0 Å². The zero-order valence-corrected chi connectivity index (χ0v) is 17.2. The Morgan fingerprint density at radius 1 is 1.16 bits per heavy atom. The smallest absolute Gasteiger partial charge is 0.277 e. The molecule has 8 nitrogen and oxygen atoms in total. The fourth-order valence-corrected chi connectivity index (χ4v) is 3.58. The Balaban J connectivity index is 1.39. The van der Waals surface area contributed by atoms with Crippen LogP contribution in [0.15, 0.2) is 53.3 Å². The lowest BCUT2D eigenvalue weighted by molar-refractivity contribution is 0.0944. The Labute approximate surface area is 182 Å². The van der Waals surface area contributed by atoms with Gasteiger partial charge in [0.1, 0.15) is 5.82 Å². The number of hydrogen-bond acceptors (Lipinski definition) is 6. The van der Waals surface area contributed by atoms with Gasteiger partial charge in [-0.05, 0) is 39.6 Å². The molecule has 0 radical (unpaired) electrons. The SMILES string of the molecule is Nc1nonc1C(=O)NCCNCc1cn(Cc2ccc(F)cc2Cl)c2ccccc12. The molecule has 0 atom stereocenters. The number of carbonyl (C=O) groups excluding carboxylic acids is 1. The van der Waals surface area contributed by atoms with Crippen LogP contribution in [-0.2, 0) is 13.1 Å². The zero-order chi connectivity index (χ0) is 21.8. The Morgan fingerprint density at radius 2 is 2.00 bits per heavy atom. The number of nitrogens with two attached hydrogens (primary N) is 1. The van der Waals surface area contributed by atoms with Crippen molar-refractivity contribution in [2.24, 2.45) is 0 Å². The first-order valence-electron chi connectivity index (χ1n) is 9.60. The highest BCUT2D eigenvalue weighted by Crippen LogP contribution is 2.25. The van der Waals surface area contributed by atoms with Crippen molar-refractivity contribution < 1.29 is 13.8 Å². The monoisotopic (exact) mass is 442 g/mol. The summed E-state index contributed by atoms with van der Waals surface area (Å²) in [7, 11) is 0. The van der Waals surface area contributed by atoms with Crippen LogP contribution in [0.25, 0.3) is 10.9 Å². The maximum Gasteiger partial charge on any atom is 0.277 e. The maximum atomic E-state index is 13.4. The standard InChI is InChI=1S/C21H20ClFN6O2/c22-17-9-15(23)6-5-13(17)11-29-12-14(16-3-1-2-4-18(16)29)10-25-7-8-26-21(30)19-20(24)28-31-27-19/h1-6,9,12,25H,7-8,10-11H2,(H2,24,28)(H,26,30). The molecule has 0 aliphatic carbocycles. The number of rotatable bonds is 8. The van der Waals surface area contributed by atoms with Crippen LogP contribution < -0.4 is 16.4 Å². The topological polar surface area (TPSA) is 111 Å². The summed E-state index contributed by atoms with van der Waals surface area (Å²) in [5, 5.41) is 14.4. The molecule has 0 aliphatic rings. The zero-order valence-electron chi connectivity index (χ0n) is 16.4. The minimum absolute atomic E-state index is 0.0254. The number of benzene rings is 2. The molecule has 0 aliphatic heterocycles. The molecule has 4 rings (SSSR count). The maximum absolute atomic E-state index is 13.4. The predicted octanol–water partition coefficient (Wildman–Crippen LogP) is 2.97. The van der Waals surface area contributed by atoms with E-state index in [1.54, 1.807) is 6.07 Å². The molecule has 10 heteroatoms. The molecule has 160 valence electrons. The van der Waals surface area contributed by atoms with Crippen LogP contribution in [0.4, 0.5) is 10.2 Å². The molecular weight excluding hydrogens is 423 g/mol. The Kier molecular flexibility index (Phi) is 6.15. The first kappa shape index (κ1) is 20.8. The lowest BCUT2D eigenvalue weighted by Gasteiger charge is -2.07. The Morgan fingerprint density at radius 3 is 2.77 bits per heavy atom. The van der Waals surface area contributed by atoms with Gasteiger partial charge in [-0.1, -0.05) is 35.9 Å². The van der Waals surface area contributed by atoms with Gasteiger partial charge in [0.2, 0.25) is 11.5 Å². The quantitative estimate of drug-likeness (QED) is 0.362. The first-order chi connectivity index (χ1) is 15.0. The van der Waals surface area contributed by atoms with E-state index in [1.165, 1.54) is 12.1 Å². The molecule has 4 N–H and O–H groups in total. The predicted molar refractivity (Wildman–Crippen MR) is 115 cm³/mol. The molecule has 2 aromatic carbocycles. The van der Waals surface area contributed by atoms with Crippen molar-refractivity contribution in [3.05, 3.63) is 76.3 Å². The second kappa shape index (κ2) is 9.15. The highest BCUT2D eigenvalue weighted by molar-refractivity contribution is 6.31. The number of aromatic nitrogens is 3. The number of nitrogens with one attached hydrogen (secondary N) is 2. The van der Waals surface area contributed by atoms with Crippen molar-refractivity contribution in [3.63, 3.8) is 0 Å². The van der Waals surface area contributed by atoms with Crippen molar-refractivity contribution in [3.8, 4) is 0 Å². The molecule has 2 aromatic heterocycles. The summed E-state index contributed by atoms with van der Waals surface area (Å²) in [4.78, 5) is 11.9. The molecule has 0 fully saturated rings. The van der Waals surface area contributed by atoms with Crippen molar-refractivity contribution in [2.75, 3.05) is 18.8 Å². The molecule has 0 bridgehead atoms. The third-order valence-electron chi connectivity index (χ3n) is 4.86. The summed E-state index contributed by atoms with van der Waals surface area (Å²) < 4.78 is 19.9. The fourth-order valence-electron chi connectivity index (χ4n) is 3.35. The number of nitrogen functional groups attached to an aromatic ring is 1. The van der Waals surface area contributed by atoms with Crippen LogP contribution in [0.2, 0.25) is 5.02 Å². The number of fused-ring (bicyclic) bond motifs is 1. The van der Waals surface area contributed by atoms with Gasteiger partial charge < -0.3 is 20.9 Å². The van der Waals surface area contributed by atoms with E-state index in [0.29, 0.717) is 31.2 Å². The Bertz CT molecular complexity index is 1220. The number of halogens is 2. The van der Waals surface area contributed by atoms with E-state index in [9.17, 15) is 9.18 Å². The summed E-state index contributed by atoms with van der Waals surface area (Å²) in [6.07, 6.45) is 2.05. The number of nitrogens with zero attached hydrogens (tertiary/aromatic N) is 3. The summed E-state index contributed by atoms with van der Waals surface area (Å²) >= 11 is 6.21. The van der Waals surface area contributed by atoms with Gasteiger partial charge in [0, 0.05) is 48.3 Å². The van der Waals surface area contributed by atoms with E-state index in [4.69, 9.17) is 17.3 Å². The molecule has 31 heavy (non-hydrogen) atoms. The number of para-hydroxylation sites is 1. The van der Waals surface area contributed by atoms with Crippen molar-refractivity contribution in [1.82, 2.24) is 25.5 Å². The van der Waals surface area contributed by atoms with Gasteiger partial charge >= 0.3 is 0 Å². The van der Waals surface area contributed by atoms with Gasteiger partial charge in [0.15, 0.2) is 0 Å². The normalized spacial score (nSPS) is 11.2. The molecule has 2 heterocycles. The van der Waals surface area contributed by atoms with E-state index in [1.807, 2.05) is 18.2 Å². The van der Waals surface area contributed by atoms with Gasteiger partial charge in [-0.15, -0.1) is 0 Å². The number of carbonyl (C=O) groups is 1. The third kappa shape index (κ3) is 4.68. The highest BCUT2D eigenvalue weighted by Gasteiger charge is 2.15. The molecule has 1 amide bonds. The van der Waals surface area contributed by atoms with Gasteiger partial charge in [-0.3, -0.25) is 4.79 Å². The lowest BCUT2D eigenvalue weighted by Crippen LogP contribution is -2.32. The van der Waals surface area contributed by atoms with Crippen LogP contribution in [0.3, 0.4) is 0 Å². The van der Waals surface area contributed by atoms with Gasteiger partial charge in [0.05, 0.1) is 0 Å². The van der Waals surface area contributed by atoms with Gasteiger partial charge in [-0.2, -0.15) is 0 Å². The average molecular weight is 443 g/mol. The molecule has 0 spiro atoms. The second-order valence-electron chi connectivity index (χ2n) is 6.97. The first-order valence-corrected chi connectivity index (χ1v) is 9.98. The highest BCUT2D eigenvalue weighted by atomic mass is 35.5. The van der Waals surface area contributed by atoms with Crippen LogP contribution >= 0.6 is 11.6 Å². The van der Waals surface area contributed by atoms with Gasteiger partial charge in [0.25, 0.3) is 5.91 Å². The van der Waals surface area contributed by atoms with Crippen LogP contribution in [0, 0.1) is 5.82 Å². The van der Waals surface area contributed by atoms with Crippen molar-refractivity contribution >= 4 is 34.2 Å². The molecule has 0 saturated heterocycles. The van der Waals surface area contributed by atoms with E-state index in [0.717, 1.165) is 22.0 Å². The van der Waals surface area contributed by atoms with Crippen LogP contribution in [-0.4, -0.2) is 33.9 Å². The number of hydrogen-bond donors (Lipinski definition) is 3. The summed E-state index contributed by atoms with van der Waals surface area (Å²) in [6.45, 7) is 2.06. The molecular formula is C21H20ClFN6O2. The number of amides is 1. The van der Waals surface area contributed by atoms with E-state index >= 15 is 0 Å². The summed E-state index contributed by atoms with van der Waals surface area (Å²) in [6, 6.07) is 12.5.